The van der Waals surface area contributed by atoms with Gasteiger partial charge in [-0.05, 0) is 55.5 Å². The SMILES string of the molecule is C1CCC(P(C2CCCCC2)C2CCCCC2)CC1.[Pt]. The molecular weight excluding hydrogens is 442 g/mol. The van der Waals surface area contributed by atoms with Crippen LogP contribution in [0, 0.1) is 0 Å². The van der Waals surface area contributed by atoms with Crippen molar-refractivity contribution in [1.29, 1.82) is 0 Å². The quantitative estimate of drug-likeness (QED) is 0.411. The summed E-state index contributed by atoms with van der Waals surface area (Å²) in [4.78, 5) is 0. The smallest absolute Gasteiger partial charge is 0 e. The molecule has 0 aliphatic heterocycles. The van der Waals surface area contributed by atoms with E-state index in [0.717, 1.165) is 0 Å². The predicted octanol–water partition coefficient (Wildman–Crippen LogP) is 6.46. The number of rotatable bonds is 3. The van der Waals surface area contributed by atoms with Gasteiger partial charge in [-0.3, -0.25) is 0 Å². The van der Waals surface area contributed by atoms with Gasteiger partial charge in [0.2, 0.25) is 0 Å². The van der Waals surface area contributed by atoms with Crippen LogP contribution in [0.4, 0.5) is 0 Å². The molecule has 0 atom stereocenters. The number of hydrogen-bond acceptors (Lipinski definition) is 0. The third kappa shape index (κ3) is 4.56. The van der Waals surface area contributed by atoms with Crippen molar-refractivity contribution in [2.24, 2.45) is 0 Å². The van der Waals surface area contributed by atoms with Crippen LogP contribution in [0.1, 0.15) is 96.3 Å². The van der Waals surface area contributed by atoms with Crippen molar-refractivity contribution in [1.82, 2.24) is 0 Å². The monoisotopic (exact) mass is 475 g/mol. The Morgan fingerprint density at radius 2 is 0.650 bits per heavy atom. The maximum Gasteiger partial charge on any atom is 0 e. The molecule has 0 saturated heterocycles. The zero-order valence-corrected chi connectivity index (χ0v) is 16.3. The van der Waals surface area contributed by atoms with Crippen molar-refractivity contribution in [3.63, 3.8) is 0 Å². The van der Waals surface area contributed by atoms with Crippen LogP contribution < -0.4 is 0 Å². The van der Waals surface area contributed by atoms with Gasteiger partial charge in [-0.1, -0.05) is 65.7 Å². The third-order valence-electron chi connectivity index (χ3n) is 5.99. The van der Waals surface area contributed by atoms with E-state index in [9.17, 15) is 0 Å². The van der Waals surface area contributed by atoms with Crippen molar-refractivity contribution in [3.05, 3.63) is 0 Å². The standard InChI is InChI=1S/C18H33P.Pt/c1-4-10-16(11-5-1)19(17-12-6-2-7-13-17)18-14-8-3-9-15-18;/h16-18H,1-15H2;. The molecule has 0 aromatic carbocycles. The summed E-state index contributed by atoms with van der Waals surface area (Å²) in [6, 6.07) is 0. The van der Waals surface area contributed by atoms with Crippen LogP contribution in [0.15, 0.2) is 0 Å². The molecule has 0 N–H and O–H groups in total. The van der Waals surface area contributed by atoms with Gasteiger partial charge in [-0.15, -0.1) is 0 Å². The van der Waals surface area contributed by atoms with Crippen LogP contribution >= 0.6 is 7.92 Å². The molecule has 0 aromatic rings. The Labute approximate surface area is 142 Å². The molecule has 0 amide bonds. The Kier molecular flexibility index (Phi) is 8.12. The molecule has 2 heteroatoms. The van der Waals surface area contributed by atoms with Gasteiger partial charge >= 0.3 is 0 Å². The third-order valence-corrected chi connectivity index (χ3v) is 10.1. The molecule has 3 aliphatic rings. The summed E-state index contributed by atoms with van der Waals surface area (Å²) in [6.45, 7) is 0. The molecule has 0 spiro atoms. The van der Waals surface area contributed by atoms with E-state index in [1.54, 1.807) is 77.0 Å². The molecule has 3 aliphatic carbocycles. The molecule has 0 bridgehead atoms. The zero-order valence-electron chi connectivity index (χ0n) is 13.1. The van der Waals surface area contributed by atoms with E-state index in [2.05, 4.69) is 0 Å². The topological polar surface area (TPSA) is 0 Å². The summed E-state index contributed by atoms with van der Waals surface area (Å²) in [7, 11) is 0.385. The van der Waals surface area contributed by atoms with E-state index in [0.29, 0.717) is 7.92 Å². The summed E-state index contributed by atoms with van der Waals surface area (Å²) in [5, 5.41) is 0. The molecule has 0 radical (unpaired) electrons. The van der Waals surface area contributed by atoms with Gasteiger partial charge in [-0.25, -0.2) is 0 Å². The maximum atomic E-state index is 1.61. The van der Waals surface area contributed by atoms with E-state index in [-0.39, 0.29) is 21.1 Å². The first-order chi connectivity index (χ1) is 9.45. The summed E-state index contributed by atoms with van der Waals surface area (Å²) in [6.07, 6.45) is 23.6. The largest absolute Gasteiger partial charge is 0.0971 e. The Morgan fingerprint density at radius 3 is 0.900 bits per heavy atom. The average molecular weight is 476 g/mol. The molecule has 3 rings (SSSR count). The van der Waals surface area contributed by atoms with Gasteiger partial charge in [-0.2, -0.15) is 0 Å². The fourth-order valence-electron chi connectivity index (χ4n) is 5.03. The minimum atomic E-state index is 0. The maximum absolute atomic E-state index is 1.61. The molecule has 120 valence electrons. The van der Waals surface area contributed by atoms with Crippen LogP contribution in [0.3, 0.4) is 0 Å². The van der Waals surface area contributed by atoms with Crippen LogP contribution in [0.5, 0.6) is 0 Å². The second-order valence-electron chi connectivity index (χ2n) is 7.32. The number of hydrogen-bond donors (Lipinski definition) is 0. The van der Waals surface area contributed by atoms with Gasteiger partial charge < -0.3 is 0 Å². The molecule has 0 nitrogen and oxygen atoms in total. The van der Waals surface area contributed by atoms with E-state index < -0.39 is 0 Å². The van der Waals surface area contributed by atoms with Gasteiger partial charge in [0, 0.05) is 21.1 Å². The second-order valence-corrected chi connectivity index (χ2v) is 10.4. The molecule has 3 fully saturated rings. The van der Waals surface area contributed by atoms with Crippen molar-refractivity contribution in [2.75, 3.05) is 0 Å². The fraction of sp³-hybridized carbons (Fsp3) is 1.00. The fourth-order valence-corrected chi connectivity index (χ4v) is 9.71. The van der Waals surface area contributed by atoms with Crippen LogP contribution in [-0.4, -0.2) is 17.0 Å². The van der Waals surface area contributed by atoms with Gasteiger partial charge in [0.05, 0.1) is 0 Å². The molecule has 0 unspecified atom stereocenters. The summed E-state index contributed by atoms with van der Waals surface area (Å²) < 4.78 is 0. The predicted molar refractivity (Wildman–Crippen MR) is 87.5 cm³/mol. The van der Waals surface area contributed by atoms with Crippen molar-refractivity contribution >= 4 is 7.92 Å². The summed E-state index contributed by atoms with van der Waals surface area (Å²) in [5.74, 6) is 0. The minimum Gasteiger partial charge on any atom is -0.0971 e. The van der Waals surface area contributed by atoms with Crippen molar-refractivity contribution in [3.8, 4) is 0 Å². The molecule has 0 aromatic heterocycles. The molecule has 0 heterocycles. The Balaban J connectivity index is 0.00000147. The summed E-state index contributed by atoms with van der Waals surface area (Å²) in [5.41, 5.74) is 3.57. The Hall–Kier alpha value is 1.12. The summed E-state index contributed by atoms with van der Waals surface area (Å²) >= 11 is 0. The zero-order chi connectivity index (χ0) is 12.9. The van der Waals surface area contributed by atoms with Crippen LogP contribution in [-0.2, 0) is 21.1 Å². The minimum absolute atomic E-state index is 0. The normalized spacial score (nSPS) is 27.4. The first-order valence-electron chi connectivity index (χ1n) is 9.22. The second kappa shape index (κ2) is 9.30. The van der Waals surface area contributed by atoms with Gasteiger partial charge in [0.15, 0.2) is 0 Å². The van der Waals surface area contributed by atoms with E-state index >= 15 is 0 Å². The Morgan fingerprint density at radius 1 is 0.400 bits per heavy atom. The average Bonchev–Trinajstić information content (AvgIpc) is 2.51. The van der Waals surface area contributed by atoms with E-state index in [1.165, 1.54) is 36.2 Å². The van der Waals surface area contributed by atoms with Gasteiger partial charge in [0.25, 0.3) is 0 Å². The first-order valence-corrected chi connectivity index (χ1v) is 10.8. The van der Waals surface area contributed by atoms with Gasteiger partial charge in [0.1, 0.15) is 0 Å². The molecule has 20 heavy (non-hydrogen) atoms. The van der Waals surface area contributed by atoms with Crippen LogP contribution in [0.2, 0.25) is 0 Å². The van der Waals surface area contributed by atoms with E-state index in [4.69, 9.17) is 0 Å². The molecule has 3 saturated carbocycles. The van der Waals surface area contributed by atoms with E-state index in [1.807, 2.05) is 0 Å². The van der Waals surface area contributed by atoms with Crippen molar-refractivity contribution in [2.45, 2.75) is 113 Å². The van der Waals surface area contributed by atoms with Crippen LogP contribution in [0.25, 0.3) is 0 Å². The molecular formula is C18H33PPt. The van der Waals surface area contributed by atoms with Crippen molar-refractivity contribution < 1.29 is 21.1 Å². The Bertz CT molecular complexity index is 207. The first kappa shape index (κ1) is 17.5.